The van der Waals surface area contributed by atoms with Crippen molar-refractivity contribution < 1.29 is 9.21 Å². The van der Waals surface area contributed by atoms with Gasteiger partial charge in [-0.3, -0.25) is 9.69 Å². The Kier molecular flexibility index (Phi) is 4.91. The van der Waals surface area contributed by atoms with E-state index in [4.69, 9.17) is 4.42 Å². The Bertz CT molecular complexity index is 961. The van der Waals surface area contributed by atoms with Gasteiger partial charge in [0.15, 0.2) is 5.76 Å². The van der Waals surface area contributed by atoms with Crippen molar-refractivity contribution in [3.63, 3.8) is 0 Å². The summed E-state index contributed by atoms with van der Waals surface area (Å²) < 4.78 is 7.25. The van der Waals surface area contributed by atoms with Gasteiger partial charge in [-0.1, -0.05) is 18.2 Å². The number of amides is 1. The number of carbonyl (C=O) groups excluding carboxylic acids is 1. The van der Waals surface area contributed by atoms with Crippen LogP contribution in [-0.4, -0.2) is 70.8 Å². The molecule has 29 heavy (non-hydrogen) atoms. The first kappa shape index (κ1) is 18.1. The fourth-order valence-electron chi connectivity index (χ4n) is 4.28. The number of hydrogen-bond donors (Lipinski definition) is 1. The third kappa shape index (κ3) is 3.59. The molecule has 2 fully saturated rings. The first-order valence-electron chi connectivity index (χ1n) is 10.2. The molecule has 0 radical (unpaired) electrons. The molecule has 1 atom stereocenters. The summed E-state index contributed by atoms with van der Waals surface area (Å²) in [5.41, 5.74) is 2.11. The fraction of sp³-hybridized carbons (Fsp3) is 0.364. The van der Waals surface area contributed by atoms with E-state index < -0.39 is 0 Å². The van der Waals surface area contributed by atoms with Gasteiger partial charge in [-0.05, 0) is 30.7 Å². The summed E-state index contributed by atoms with van der Waals surface area (Å²) in [5, 5.41) is 8.08. The molecule has 150 valence electrons. The molecule has 1 aromatic carbocycles. The van der Waals surface area contributed by atoms with E-state index in [1.807, 2.05) is 53.4 Å². The Hall–Kier alpha value is -2.90. The SMILES string of the molecule is O=C(c1cc(-c2ccco2)nn1-c1ccccc1)N1CCC(N2CCNCC2)C1. The Balaban J connectivity index is 1.43. The maximum atomic E-state index is 13.5. The van der Waals surface area contributed by atoms with E-state index in [1.165, 1.54) is 0 Å². The lowest BCUT2D eigenvalue weighted by Crippen LogP contribution is -2.49. The van der Waals surface area contributed by atoms with E-state index in [1.54, 1.807) is 10.9 Å². The summed E-state index contributed by atoms with van der Waals surface area (Å²) in [7, 11) is 0. The van der Waals surface area contributed by atoms with Crippen molar-refractivity contribution in [2.75, 3.05) is 39.3 Å². The number of nitrogens with zero attached hydrogens (tertiary/aromatic N) is 4. The summed E-state index contributed by atoms with van der Waals surface area (Å²) >= 11 is 0. The highest BCUT2D eigenvalue weighted by Crippen LogP contribution is 2.25. The molecule has 2 aliphatic heterocycles. The molecule has 0 bridgehead atoms. The van der Waals surface area contributed by atoms with Crippen LogP contribution >= 0.6 is 0 Å². The molecule has 4 heterocycles. The van der Waals surface area contributed by atoms with Crippen LogP contribution in [0, 0.1) is 0 Å². The third-order valence-electron chi connectivity index (χ3n) is 5.82. The van der Waals surface area contributed by atoms with E-state index in [9.17, 15) is 4.79 Å². The summed E-state index contributed by atoms with van der Waals surface area (Å²) in [6, 6.07) is 15.8. The summed E-state index contributed by atoms with van der Waals surface area (Å²) in [6.45, 7) is 5.71. The summed E-state index contributed by atoms with van der Waals surface area (Å²) in [4.78, 5) is 17.9. The largest absolute Gasteiger partial charge is 0.463 e. The van der Waals surface area contributed by atoms with Crippen LogP contribution in [0.1, 0.15) is 16.9 Å². The minimum atomic E-state index is 0.0248. The second kappa shape index (κ2) is 7.85. The highest BCUT2D eigenvalue weighted by Gasteiger charge is 2.33. The molecule has 0 saturated carbocycles. The number of piperazine rings is 1. The van der Waals surface area contributed by atoms with E-state index in [-0.39, 0.29) is 5.91 Å². The number of rotatable bonds is 4. The summed E-state index contributed by atoms with van der Waals surface area (Å²) in [6.07, 6.45) is 2.65. The first-order chi connectivity index (χ1) is 14.3. The van der Waals surface area contributed by atoms with Gasteiger partial charge in [0.05, 0.1) is 12.0 Å². The van der Waals surface area contributed by atoms with Gasteiger partial charge >= 0.3 is 0 Å². The van der Waals surface area contributed by atoms with Gasteiger partial charge in [0, 0.05) is 51.4 Å². The van der Waals surface area contributed by atoms with Gasteiger partial charge in [0.2, 0.25) is 0 Å². The Morgan fingerprint density at radius 2 is 1.90 bits per heavy atom. The quantitative estimate of drug-likeness (QED) is 0.739. The highest BCUT2D eigenvalue weighted by atomic mass is 16.3. The monoisotopic (exact) mass is 391 g/mol. The molecule has 5 rings (SSSR count). The van der Waals surface area contributed by atoms with Crippen LogP contribution in [0.2, 0.25) is 0 Å². The standard InChI is InChI=1S/C22H25N5O2/c28-22(26-11-8-18(16-26)25-12-9-23-10-13-25)20-15-19(21-7-4-14-29-21)24-27(20)17-5-2-1-3-6-17/h1-7,14-15,18,23H,8-13,16H2. The number of nitrogens with one attached hydrogen (secondary N) is 1. The van der Waals surface area contributed by atoms with Crippen molar-refractivity contribution in [2.24, 2.45) is 0 Å². The second-order valence-corrected chi connectivity index (χ2v) is 7.62. The van der Waals surface area contributed by atoms with E-state index in [0.717, 1.165) is 51.4 Å². The average molecular weight is 391 g/mol. The van der Waals surface area contributed by atoms with Gasteiger partial charge in [0.25, 0.3) is 5.91 Å². The minimum Gasteiger partial charge on any atom is -0.463 e. The summed E-state index contributed by atoms with van der Waals surface area (Å²) in [5.74, 6) is 0.686. The number of likely N-dealkylation sites (tertiary alicyclic amines) is 1. The van der Waals surface area contributed by atoms with Crippen molar-refractivity contribution in [2.45, 2.75) is 12.5 Å². The Morgan fingerprint density at radius 1 is 1.07 bits per heavy atom. The lowest BCUT2D eigenvalue weighted by molar-refractivity contribution is 0.0764. The normalized spacial score (nSPS) is 20.3. The van der Waals surface area contributed by atoms with Gasteiger partial charge in [-0.2, -0.15) is 5.10 Å². The number of carbonyl (C=O) groups is 1. The van der Waals surface area contributed by atoms with Crippen molar-refractivity contribution in [3.8, 4) is 17.1 Å². The van der Waals surface area contributed by atoms with Gasteiger partial charge in [-0.25, -0.2) is 4.68 Å². The molecule has 0 aliphatic carbocycles. The third-order valence-corrected chi connectivity index (χ3v) is 5.82. The lowest BCUT2D eigenvalue weighted by Gasteiger charge is -2.32. The number of hydrogen-bond acceptors (Lipinski definition) is 5. The number of furan rings is 1. The number of benzene rings is 1. The van der Waals surface area contributed by atoms with Crippen LogP contribution in [0.4, 0.5) is 0 Å². The predicted molar refractivity (Wildman–Crippen MR) is 110 cm³/mol. The van der Waals surface area contributed by atoms with Gasteiger partial charge in [0.1, 0.15) is 11.4 Å². The molecule has 2 saturated heterocycles. The Morgan fingerprint density at radius 3 is 2.66 bits per heavy atom. The van der Waals surface area contributed by atoms with Crippen LogP contribution in [0.15, 0.2) is 59.2 Å². The zero-order valence-electron chi connectivity index (χ0n) is 16.3. The average Bonchev–Trinajstić information content (AvgIpc) is 3.55. The molecule has 2 aromatic heterocycles. The maximum Gasteiger partial charge on any atom is 0.272 e. The molecule has 1 unspecified atom stereocenters. The van der Waals surface area contributed by atoms with Crippen LogP contribution in [0.3, 0.4) is 0 Å². The van der Waals surface area contributed by atoms with Crippen LogP contribution in [0.5, 0.6) is 0 Å². The zero-order valence-corrected chi connectivity index (χ0v) is 16.3. The van der Waals surface area contributed by atoms with Crippen LogP contribution in [-0.2, 0) is 0 Å². The van der Waals surface area contributed by atoms with Crippen molar-refractivity contribution in [1.82, 2.24) is 24.9 Å². The second-order valence-electron chi connectivity index (χ2n) is 7.62. The van der Waals surface area contributed by atoms with E-state index in [0.29, 0.717) is 23.2 Å². The predicted octanol–water partition coefficient (Wildman–Crippen LogP) is 2.25. The van der Waals surface area contributed by atoms with Crippen LogP contribution in [0.25, 0.3) is 17.1 Å². The Labute approximate surface area is 169 Å². The minimum absolute atomic E-state index is 0.0248. The van der Waals surface area contributed by atoms with Gasteiger partial charge in [-0.15, -0.1) is 0 Å². The highest BCUT2D eigenvalue weighted by molar-refractivity contribution is 5.94. The molecule has 1 N–H and O–H groups in total. The molecular formula is C22H25N5O2. The first-order valence-corrected chi connectivity index (χ1v) is 10.2. The molecule has 7 heteroatoms. The maximum absolute atomic E-state index is 13.5. The number of aromatic nitrogens is 2. The van der Waals surface area contributed by atoms with Crippen molar-refractivity contribution >= 4 is 5.91 Å². The van der Waals surface area contributed by atoms with Gasteiger partial charge < -0.3 is 14.6 Å². The van der Waals surface area contributed by atoms with E-state index >= 15 is 0 Å². The number of para-hydroxylation sites is 1. The van der Waals surface area contributed by atoms with Crippen molar-refractivity contribution in [1.29, 1.82) is 0 Å². The smallest absolute Gasteiger partial charge is 0.272 e. The molecule has 3 aromatic rings. The topological polar surface area (TPSA) is 66.5 Å². The molecule has 1 amide bonds. The van der Waals surface area contributed by atoms with E-state index in [2.05, 4.69) is 15.3 Å². The molecule has 0 spiro atoms. The lowest BCUT2D eigenvalue weighted by atomic mass is 10.2. The zero-order chi connectivity index (χ0) is 19.6. The van der Waals surface area contributed by atoms with Crippen molar-refractivity contribution in [3.05, 3.63) is 60.5 Å². The fourth-order valence-corrected chi connectivity index (χ4v) is 4.28. The molecular weight excluding hydrogens is 366 g/mol. The molecule has 7 nitrogen and oxygen atoms in total. The van der Waals surface area contributed by atoms with Crippen LogP contribution < -0.4 is 5.32 Å². The molecule has 2 aliphatic rings.